The zero-order valence-corrected chi connectivity index (χ0v) is 14.6. The first-order valence-corrected chi connectivity index (χ1v) is 7.63. The molecule has 1 aromatic carbocycles. The van der Waals surface area contributed by atoms with Crippen LogP contribution in [0.25, 0.3) is 0 Å². The number of halogens is 2. The highest BCUT2D eigenvalue weighted by atomic mass is 79.9. The third-order valence-corrected chi connectivity index (χ3v) is 4.05. The molecule has 0 saturated carbocycles. The lowest BCUT2D eigenvalue weighted by Crippen LogP contribution is -2.36. The third kappa shape index (κ3) is 4.40. The first-order chi connectivity index (χ1) is 9.23. The highest BCUT2D eigenvalue weighted by Crippen LogP contribution is 2.28. The van der Waals surface area contributed by atoms with Gasteiger partial charge < -0.3 is 16.0 Å². The number of nitrogens with zero attached hydrogens (tertiary/aromatic N) is 1. The minimum absolute atomic E-state index is 0.155. The van der Waals surface area contributed by atoms with E-state index >= 15 is 0 Å². The van der Waals surface area contributed by atoms with E-state index in [4.69, 9.17) is 18.0 Å². The number of likely N-dealkylation sites (N-methyl/N-ethyl adjacent to an activating group) is 1. The molecule has 1 aromatic rings. The number of rotatable bonds is 6. The molecule has 0 radical (unpaired) electrons. The molecule has 0 amide bonds. The summed E-state index contributed by atoms with van der Waals surface area (Å²) in [6.07, 6.45) is 0. The molecule has 0 aliphatic carbocycles. The van der Waals surface area contributed by atoms with Gasteiger partial charge in [-0.25, -0.2) is 4.39 Å². The van der Waals surface area contributed by atoms with Crippen molar-refractivity contribution >= 4 is 38.8 Å². The summed E-state index contributed by atoms with van der Waals surface area (Å²) in [5, 5.41) is 3.25. The Kier molecular flexibility index (Phi) is 6.36. The van der Waals surface area contributed by atoms with Gasteiger partial charge in [0.05, 0.1) is 10.2 Å². The van der Waals surface area contributed by atoms with E-state index in [1.807, 2.05) is 14.1 Å². The molecule has 0 spiro atoms. The Labute approximate surface area is 133 Å². The summed E-state index contributed by atoms with van der Waals surface area (Å²) in [4.78, 5) is 2.25. The van der Waals surface area contributed by atoms with Crippen molar-refractivity contribution in [2.45, 2.75) is 19.9 Å². The van der Waals surface area contributed by atoms with E-state index in [9.17, 15) is 4.39 Å². The van der Waals surface area contributed by atoms with E-state index in [0.29, 0.717) is 21.6 Å². The summed E-state index contributed by atoms with van der Waals surface area (Å²) < 4.78 is 14.7. The Morgan fingerprint density at radius 2 is 2.05 bits per heavy atom. The van der Waals surface area contributed by atoms with Crippen LogP contribution in [-0.4, -0.2) is 36.6 Å². The second kappa shape index (κ2) is 7.33. The van der Waals surface area contributed by atoms with Crippen molar-refractivity contribution < 1.29 is 4.39 Å². The zero-order valence-electron chi connectivity index (χ0n) is 12.2. The van der Waals surface area contributed by atoms with Gasteiger partial charge in [0.25, 0.3) is 0 Å². The van der Waals surface area contributed by atoms with Crippen molar-refractivity contribution in [2.24, 2.45) is 11.7 Å². The second-order valence-electron chi connectivity index (χ2n) is 5.41. The molecule has 6 heteroatoms. The minimum Gasteiger partial charge on any atom is -0.389 e. The van der Waals surface area contributed by atoms with E-state index in [2.05, 4.69) is 40.0 Å². The van der Waals surface area contributed by atoms with Gasteiger partial charge in [-0.15, -0.1) is 0 Å². The number of benzene rings is 1. The Morgan fingerprint density at radius 1 is 1.45 bits per heavy atom. The standard InChI is InChI=1S/C14H21BrFN3S/c1-8(2)11(7-19(3)4)18-10-6-5-9(14(17)20)12(15)13(10)16/h5-6,8,11,18H,7H2,1-4H3,(H2,17,20). The van der Waals surface area contributed by atoms with Gasteiger partial charge in [-0.1, -0.05) is 26.1 Å². The average Bonchev–Trinajstić information content (AvgIpc) is 2.32. The van der Waals surface area contributed by atoms with E-state index in [-0.39, 0.29) is 16.8 Å². The lowest BCUT2D eigenvalue weighted by molar-refractivity contribution is 0.344. The van der Waals surface area contributed by atoms with Gasteiger partial charge >= 0.3 is 0 Å². The summed E-state index contributed by atoms with van der Waals surface area (Å²) in [5.74, 6) is 0.0190. The van der Waals surface area contributed by atoms with Crippen LogP contribution in [0.3, 0.4) is 0 Å². The van der Waals surface area contributed by atoms with Gasteiger partial charge in [-0.05, 0) is 48.1 Å². The number of hydrogen-bond acceptors (Lipinski definition) is 3. The lowest BCUT2D eigenvalue weighted by atomic mass is 10.0. The first-order valence-electron chi connectivity index (χ1n) is 6.43. The van der Waals surface area contributed by atoms with Crippen LogP contribution in [-0.2, 0) is 0 Å². The van der Waals surface area contributed by atoms with Crippen molar-refractivity contribution in [3.8, 4) is 0 Å². The molecule has 112 valence electrons. The van der Waals surface area contributed by atoms with Crippen LogP contribution in [0.1, 0.15) is 19.4 Å². The molecule has 3 N–H and O–H groups in total. The summed E-state index contributed by atoms with van der Waals surface area (Å²) >= 11 is 8.11. The van der Waals surface area contributed by atoms with E-state index in [0.717, 1.165) is 6.54 Å². The largest absolute Gasteiger partial charge is 0.389 e. The van der Waals surface area contributed by atoms with E-state index < -0.39 is 0 Å². The molecule has 0 saturated heterocycles. The maximum atomic E-state index is 14.3. The van der Waals surface area contributed by atoms with Crippen LogP contribution in [0.4, 0.5) is 10.1 Å². The molecule has 0 bridgehead atoms. The molecule has 1 unspecified atom stereocenters. The molecule has 20 heavy (non-hydrogen) atoms. The highest BCUT2D eigenvalue weighted by molar-refractivity contribution is 9.10. The van der Waals surface area contributed by atoms with Crippen molar-refractivity contribution in [3.63, 3.8) is 0 Å². The molecule has 0 heterocycles. The minimum atomic E-state index is -0.361. The topological polar surface area (TPSA) is 41.3 Å². The quantitative estimate of drug-likeness (QED) is 0.763. The van der Waals surface area contributed by atoms with Gasteiger partial charge in [0, 0.05) is 18.2 Å². The van der Waals surface area contributed by atoms with Gasteiger partial charge in [0.2, 0.25) is 0 Å². The first kappa shape index (κ1) is 17.3. The van der Waals surface area contributed by atoms with Crippen LogP contribution >= 0.6 is 28.1 Å². The Hall–Kier alpha value is -0.720. The summed E-state index contributed by atoms with van der Waals surface area (Å²) in [6.45, 7) is 5.04. The molecule has 0 fully saturated rings. The van der Waals surface area contributed by atoms with Crippen LogP contribution in [0.5, 0.6) is 0 Å². The predicted octanol–water partition coefficient (Wildman–Crippen LogP) is 3.22. The fourth-order valence-corrected chi connectivity index (χ4v) is 2.73. The van der Waals surface area contributed by atoms with E-state index in [1.54, 1.807) is 12.1 Å². The highest BCUT2D eigenvalue weighted by Gasteiger charge is 2.18. The van der Waals surface area contributed by atoms with Crippen molar-refractivity contribution in [1.82, 2.24) is 4.90 Å². The van der Waals surface area contributed by atoms with E-state index in [1.165, 1.54) is 0 Å². The number of hydrogen-bond donors (Lipinski definition) is 2. The molecule has 3 nitrogen and oxygen atoms in total. The molecular weight excluding hydrogens is 341 g/mol. The molecule has 0 aliphatic heterocycles. The van der Waals surface area contributed by atoms with Crippen molar-refractivity contribution in [2.75, 3.05) is 26.0 Å². The smallest absolute Gasteiger partial charge is 0.161 e. The summed E-state index contributed by atoms with van der Waals surface area (Å²) in [5.41, 5.74) is 6.52. The summed E-state index contributed by atoms with van der Waals surface area (Å²) in [7, 11) is 4.00. The predicted molar refractivity (Wildman–Crippen MR) is 90.8 cm³/mol. The number of nitrogens with two attached hydrogens (primary N) is 1. The van der Waals surface area contributed by atoms with Crippen LogP contribution in [0.15, 0.2) is 16.6 Å². The monoisotopic (exact) mass is 361 g/mol. The molecule has 1 atom stereocenters. The third-order valence-electron chi connectivity index (χ3n) is 3.06. The van der Waals surface area contributed by atoms with Gasteiger partial charge in [0.1, 0.15) is 4.99 Å². The SMILES string of the molecule is CC(C)C(CN(C)C)Nc1ccc(C(N)=S)c(Br)c1F. The molecule has 0 aliphatic rings. The summed E-state index contributed by atoms with van der Waals surface area (Å²) in [6, 6.07) is 3.56. The zero-order chi connectivity index (χ0) is 15.4. The Morgan fingerprint density at radius 3 is 2.50 bits per heavy atom. The molecular formula is C14H21BrFN3S. The maximum Gasteiger partial charge on any atom is 0.161 e. The second-order valence-corrected chi connectivity index (χ2v) is 6.64. The van der Waals surface area contributed by atoms with Crippen molar-refractivity contribution in [3.05, 3.63) is 28.0 Å². The van der Waals surface area contributed by atoms with Crippen LogP contribution in [0.2, 0.25) is 0 Å². The average molecular weight is 362 g/mol. The fraction of sp³-hybridized carbons (Fsp3) is 0.500. The normalized spacial score (nSPS) is 12.8. The van der Waals surface area contributed by atoms with Gasteiger partial charge in [-0.3, -0.25) is 0 Å². The maximum absolute atomic E-state index is 14.3. The molecule has 1 rings (SSSR count). The van der Waals surface area contributed by atoms with Crippen LogP contribution in [0, 0.1) is 11.7 Å². The van der Waals surface area contributed by atoms with Gasteiger partial charge in [0.15, 0.2) is 5.82 Å². The number of nitrogens with one attached hydrogen (secondary N) is 1. The Balaban J connectivity index is 3.02. The number of anilines is 1. The van der Waals surface area contributed by atoms with Crippen LogP contribution < -0.4 is 11.1 Å². The molecule has 0 aromatic heterocycles. The number of thiocarbonyl (C=S) groups is 1. The fourth-order valence-electron chi connectivity index (χ4n) is 1.87. The van der Waals surface area contributed by atoms with Gasteiger partial charge in [-0.2, -0.15) is 0 Å². The lowest BCUT2D eigenvalue weighted by Gasteiger charge is -2.27. The van der Waals surface area contributed by atoms with Crippen molar-refractivity contribution in [1.29, 1.82) is 0 Å². The Bertz CT molecular complexity index is 492.